The van der Waals surface area contributed by atoms with Gasteiger partial charge in [-0.15, -0.1) is 0 Å². The standard InChI is InChI=1S/C19H26N2O2S/c1-15-8-7-9-16(12-15)13-20-14-17-10-5-6-11-18(17)24(22,23)21-19(2,3)4/h5-12,20-21H,13-14H2,1-4H3. The zero-order chi connectivity index (χ0) is 17.8. The molecule has 4 nitrogen and oxygen atoms in total. The molecule has 0 aliphatic rings. The van der Waals surface area contributed by atoms with Gasteiger partial charge in [-0.05, 0) is 44.9 Å². The van der Waals surface area contributed by atoms with Crippen molar-refractivity contribution in [1.82, 2.24) is 10.0 Å². The van der Waals surface area contributed by atoms with E-state index in [1.165, 1.54) is 11.1 Å². The maximum absolute atomic E-state index is 12.6. The van der Waals surface area contributed by atoms with Crippen molar-refractivity contribution in [3.8, 4) is 0 Å². The Labute approximate surface area is 145 Å². The summed E-state index contributed by atoms with van der Waals surface area (Å²) in [6.07, 6.45) is 0. The lowest BCUT2D eigenvalue weighted by Gasteiger charge is -2.21. The van der Waals surface area contributed by atoms with Gasteiger partial charge in [0.1, 0.15) is 0 Å². The van der Waals surface area contributed by atoms with Gasteiger partial charge in [0, 0.05) is 18.6 Å². The molecule has 130 valence electrons. The average molecular weight is 346 g/mol. The number of aryl methyl sites for hydroxylation is 1. The summed E-state index contributed by atoms with van der Waals surface area (Å²) in [5.41, 5.74) is 2.65. The smallest absolute Gasteiger partial charge is 0.241 e. The highest BCUT2D eigenvalue weighted by Crippen LogP contribution is 2.18. The zero-order valence-electron chi connectivity index (χ0n) is 14.8. The van der Waals surface area contributed by atoms with E-state index in [2.05, 4.69) is 35.2 Å². The third kappa shape index (κ3) is 5.44. The van der Waals surface area contributed by atoms with E-state index in [-0.39, 0.29) is 0 Å². The van der Waals surface area contributed by atoms with Crippen LogP contribution in [0.25, 0.3) is 0 Å². The van der Waals surface area contributed by atoms with Crippen molar-refractivity contribution in [1.29, 1.82) is 0 Å². The fraction of sp³-hybridized carbons (Fsp3) is 0.368. The first kappa shape index (κ1) is 18.6. The molecule has 0 saturated carbocycles. The lowest BCUT2D eigenvalue weighted by Crippen LogP contribution is -2.40. The minimum atomic E-state index is -3.54. The summed E-state index contributed by atoms with van der Waals surface area (Å²) in [4.78, 5) is 0.330. The summed E-state index contributed by atoms with van der Waals surface area (Å²) in [7, 11) is -3.54. The molecule has 2 N–H and O–H groups in total. The van der Waals surface area contributed by atoms with Gasteiger partial charge in [0.2, 0.25) is 10.0 Å². The lowest BCUT2D eigenvalue weighted by atomic mass is 10.1. The van der Waals surface area contributed by atoms with Crippen LogP contribution in [0.2, 0.25) is 0 Å². The van der Waals surface area contributed by atoms with Crippen LogP contribution in [-0.4, -0.2) is 14.0 Å². The molecule has 0 aliphatic heterocycles. The van der Waals surface area contributed by atoms with Crippen molar-refractivity contribution in [2.45, 2.75) is 51.2 Å². The summed E-state index contributed by atoms with van der Waals surface area (Å²) in [6.45, 7) is 8.76. The molecule has 2 aromatic carbocycles. The normalized spacial score (nSPS) is 12.3. The van der Waals surface area contributed by atoms with E-state index in [0.29, 0.717) is 18.0 Å². The highest BCUT2D eigenvalue weighted by Gasteiger charge is 2.23. The zero-order valence-corrected chi connectivity index (χ0v) is 15.6. The van der Waals surface area contributed by atoms with E-state index in [4.69, 9.17) is 0 Å². The van der Waals surface area contributed by atoms with Gasteiger partial charge in [0.25, 0.3) is 0 Å². The monoisotopic (exact) mass is 346 g/mol. The van der Waals surface area contributed by atoms with Crippen LogP contribution in [-0.2, 0) is 23.1 Å². The highest BCUT2D eigenvalue weighted by molar-refractivity contribution is 7.89. The summed E-state index contributed by atoms with van der Waals surface area (Å²) in [5, 5.41) is 3.33. The molecule has 0 atom stereocenters. The Hall–Kier alpha value is -1.69. The van der Waals surface area contributed by atoms with Gasteiger partial charge in [-0.25, -0.2) is 13.1 Å². The fourth-order valence-corrected chi connectivity index (χ4v) is 4.19. The molecule has 0 aliphatic carbocycles. The van der Waals surface area contributed by atoms with E-state index < -0.39 is 15.6 Å². The lowest BCUT2D eigenvalue weighted by molar-refractivity contribution is 0.490. The Bertz CT molecular complexity index is 793. The number of hydrogen-bond donors (Lipinski definition) is 2. The Balaban J connectivity index is 2.12. The van der Waals surface area contributed by atoms with Crippen molar-refractivity contribution in [3.05, 3.63) is 65.2 Å². The van der Waals surface area contributed by atoms with E-state index in [9.17, 15) is 8.42 Å². The molecule has 0 amide bonds. The van der Waals surface area contributed by atoms with Crippen LogP contribution >= 0.6 is 0 Å². The molecule has 0 spiro atoms. The second-order valence-electron chi connectivity index (χ2n) is 7.06. The largest absolute Gasteiger partial charge is 0.309 e. The van der Waals surface area contributed by atoms with E-state index >= 15 is 0 Å². The summed E-state index contributed by atoms with van der Waals surface area (Å²) in [6, 6.07) is 15.4. The quantitative estimate of drug-likeness (QED) is 0.843. The number of nitrogens with one attached hydrogen (secondary N) is 2. The molecule has 0 radical (unpaired) electrons. The first-order valence-electron chi connectivity index (χ1n) is 8.05. The van der Waals surface area contributed by atoms with Crippen LogP contribution in [0.1, 0.15) is 37.5 Å². The highest BCUT2D eigenvalue weighted by atomic mass is 32.2. The van der Waals surface area contributed by atoms with Crippen LogP contribution in [0.15, 0.2) is 53.4 Å². The van der Waals surface area contributed by atoms with Crippen LogP contribution < -0.4 is 10.0 Å². The van der Waals surface area contributed by atoms with E-state index in [1.54, 1.807) is 12.1 Å². The molecule has 2 rings (SSSR count). The first-order chi connectivity index (χ1) is 11.2. The molecule has 0 heterocycles. The van der Waals surface area contributed by atoms with Gasteiger partial charge in [0.05, 0.1) is 4.90 Å². The number of hydrogen-bond acceptors (Lipinski definition) is 3. The molecule has 5 heteroatoms. The molecule has 24 heavy (non-hydrogen) atoms. The summed E-state index contributed by atoms with van der Waals surface area (Å²) in [5.74, 6) is 0. The Morgan fingerprint density at radius 1 is 0.958 bits per heavy atom. The van der Waals surface area contributed by atoms with Gasteiger partial charge in [-0.3, -0.25) is 0 Å². The summed E-state index contributed by atoms with van der Waals surface area (Å²) >= 11 is 0. The second kappa shape index (κ2) is 7.47. The Morgan fingerprint density at radius 3 is 2.33 bits per heavy atom. The maximum Gasteiger partial charge on any atom is 0.241 e. The van der Waals surface area contributed by atoms with Gasteiger partial charge in [0.15, 0.2) is 0 Å². The SMILES string of the molecule is Cc1cccc(CNCc2ccccc2S(=O)(=O)NC(C)(C)C)c1. The predicted octanol–water partition coefficient (Wildman–Crippen LogP) is 3.36. The summed E-state index contributed by atoms with van der Waals surface area (Å²) < 4.78 is 27.9. The molecule has 2 aromatic rings. The predicted molar refractivity (Wildman–Crippen MR) is 98.2 cm³/mol. The Morgan fingerprint density at radius 2 is 1.67 bits per heavy atom. The van der Waals surface area contributed by atoms with Gasteiger partial charge < -0.3 is 5.32 Å². The van der Waals surface area contributed by atoms with Crippen molar-refractivity contribution < 1.29 is 8.42 Å². The fourth-order valence-electron chi connectivity index (χ4n) is 2.53. The average Bonchev–Trinajstić information content (AvgIpc) is 2.45. The van der Waals surface area contributed by atoms with Gasteiger partial charge in [-0.1, -0.05) is 48.0 Å². The van der Waals surface area contributed by atoms with Crippen molar-refractivity contribution in [3.63, 3.8) is 0 Å². The van der Waals surface area contributed by atoms with Crippen molar-refractivity contribution in [2.24, 2.45) is 0 Å². The van der Waals surface area contributed by atoms with Crippen LogP contribution in [0.3, 0.4) is 0 Å². The second-order valence-corrected chi connectivity index (χ2v) is 8.71. The number of sulfonamides is 1. The number of benzene rings is 2. The van der Waals surface area contributed by atoms with Gasteiger partial charge in [-0.2, -0.15) is 0 Å². The van der Waals surface area contributed by atoms with E-state index in [0.717, 1.165) is 5.56 Å². The van der Waals surface area contributed by atoms with Crippen molar-refractivity contribution in [2.75, 3.05) is 0 Å². The number of rotatable bonds is 6. The Kier molecular flexibility index (Phi) is 5.80. The molecule has 0 bridgehead atoms. The van der Waals surface area contributed by atoms with E-state index in [1.807, 2.05) is 39.0 Å². The molecular formula is C19H26N2O2S. The van der Waals surface area contributed by atoms with Crippen LogP contribution in [0, 0.1) is 6.92 Å². The molecule has 0 aromatic heterocycles. The van der Waals surface area contributed by atoms with Crippen LogP contribution in [0.4, 0.5) is 0 Å². The molecule has 0 fully saturated rings. The molecule has 0 saturated heterocycles. The molecule has 0 unspecified atom stereocenters. The van der Waals surface area contributed by atoms with Crippen molar-refractivity contribution >= 4 is 10.0 Å². The maximum atomic E-state index is 12.6. The topological polar surface area (TPSA) is 58.2 Å². The minimum Gasteiger partial charge on any atom is -0.309 e. The minimum absolute atomic E-state index is 0.330. The molecular weight excluding hydrogens is 320 g/mol. The van der Waals surface area contributed by atoms with Gasteiger partial charge >= 0.3 is 0 Å². The third-order valence-corrected chi connectivity index (χ3v) is 5.29. The first-order valence-corrected chi connectivity index (χ1v) is 9.54. The third-order valence-electron chi connectivity index (χ3n) is 3.43. The van der Waals surface area contributed by atoms with Crippen LogP contribution in [0.5, 0.6) is 0 Å².